The van der Waals surface area contributed by atoms with Crippen LogP contribution in [0.3, 0.4) is 0 Å². The Labute approximate surface area is 127 Å². The fraction of sp³-hybridized carbons (Fsp3) is 0.647. The average molecular weight is 296 g/mol. The lowest BCUT2D eigenvalue weighted by Crippen LogP contribution is -2.51. The van der Waals surface area contributed by atoms with E-state index in [1.165, 1.54) is 6.42 Å². The van der Waals surface area contributed by atoms with Gasteiger partial charge in [0.2, 0.25) is 0 Å². The summed E-state index contributed by atoms with van der Waals surface area (Å²) in [6, 6.07) is 7.89. The number of nitrogens with zero attached hydrogens (tertiary/aromatic N) is 1. The van der Waals surface area contributed by atoms with Gasteiger partial charge < -0.3 is 10.0 Å². The fourth-order valence-corrected chi connectivity index (χ4v) is 3.73. The van der Waals surface area contributed by atoms with Gasteiger partial charge in [0.25, 0.3) is 0 Å². The van der Waals surface area contributed by atoms with Crippen LogP contribution in [0.25, 0.3) is 0 Å². The van der Waals surface area contributed by atoms with Crippen molar-refractivity contribution in [2.45, 2.75) is 38.2 Å². The average Bonchev–Trinajstić information content (AvgIpc) is 2.38. The van der Waals surface area contributed by atoms with Crippen molar-refractivity contribution in [3.8, 4) is 0 Å². The molecule has 0 amide bonds. The number of hydrogen-bond donors (Lipinski definition) is 1. The normalized spacial score (nSPS) is 30.7. The Morgan fingerprint density at radius 2 is 2.00 bits per heavy atom. The van der Waals surface area contributed by atoms with Crippen molar-refractivity contribution in [2.75, 3.05) is 20.6 Å². The first-order valence-electron chi connectivity index (χ1n) is 7.54. The maximum atomic E-state index is 11.3. The highest BCUT2D eigenvalue weighted by Crippen LogP contribution is 2.41. The van der Waals surface area contributed by atoms with Crippen LogP contribution in [-0.2, 0) is 6.42 Å². The summed E-state index contributed by atoms with van der Waals surface area (Å²) >= 11 is 6.29. The van der Waals surface area contributed by atoms with Crippen LogP contribution in [0.5, 0.6) is 0 Å². The molecule has 2 nitrogen and oxygen atoms in total. The minimum absolute atomic E-state index is 0.317. The summed E-state index contributed by atoms with van der Waals surface area (Å²) in [6.07, 6.45) is 4.07. The second-order valence-electron chi connectivity index (χ2n) is 6.55. The Kier molecular flexibility index (Phi) is 5.11. The zero-order valence-electron chi connectivity index (χ0n) is 12.8. The predicted octanol–water partition coefficient (Wildman–Crippen LogP) is 3.61. The van der Waals surface area contributed by atoms with Gasteiger partial charge >= 0.3 is 0 Å². The van der Waals surface area contributed by atoms with Crippen LogP contribution in [0.1, 0.15) is 31.7 Å². The SMILES string of the molecule is CC1CCCC(CN(C)C)C1(O)Cc1ccccc1Cl. The number of aliphatic hydroxyl groups is 1. The predicted molar refractivity (Wildman–Crippen MR) is 85.2 cm³/mol. The van der Waals surface area contributed by atoms with E-state index in [1.54, 1.807) is 0 Å². The first-order chi connectivity index (χ1) is 9.43. The van der Waals surface area contributed by atoms with E-state index in [-0.39, 0.29) is 0 Å². The van der Waals surface area contributed by atoms with Crippen molar-refractivity contribution in [3.63, 3.8) is 0 Å². The van der Waals surface area contributed by atoms with Crippen LogP contribution in [-0.4, -0.2) is 36.2 Å². The fourth-order valence-electron chi connectivity index (χ4n) is 3.53. The third-order valence-corrected chi connectivity index (χ3v) is 5.14. The van der Waals surface area contributed by atoms with Crippen molar-refractivity contribution in [1.82, 2.24) is 4.90 Å². The van der Waals surface area contributed by atoms with Crippen LogP contribution in [0, 0.1) is 11.8 Å². The van der Waals surface area contributed by atoms with Gasteiger partial charge in [0.05, 0.1) is 5.60 Å². The van der Waals surface area contributed by atoms with Crippen molar-refractivity contribution < 1.29 is 5.11 Å². The van der Waals surface area contributed by atoms with E-state index in [0.29, 0.717) is 18.3 Å². The second kappa shape index (κ2) is 6.46. The van der Waals surface area contributed by atoms with Crippen molar-refractivity contribution >= 4 is 11.6 Å². The van der Waals surface area contributed by atoms with Crippen LogP contribution in [0.15, 0.2) is 24.3 Å². The molecule has 1 saturated carbocycles. The molecule has 0 aliphatic heterocycles. The van der Waals surface area contributed by atoms with Gasteiger partial charge in [-0.25, -0.2) is 0 Å². The Morgan fingerprint density at radius 1 is 1.30 bits per heavy atom. The summed E-state index contributed by atoms with van der Waals surface area (Å²) in [4.78, 5) is 2.18. The van der Waals surface area contributed by atoms with E-state index in [2.05, 4.69) is 25.9 Å². The quantitative estimate of drug-likeness (QED) is 0.917. The number of halogens is 1. The molecular formula is C17H26ClNO. The van der Waals surface area contributed by atoms with Gasteiger partial charge in [-0.15, -0.1) is 0 Å². The third-order valence-electron chi connectivity index (χ3n) is 4.77. The number of hydrogen-bond acceptors (Lipinski definition) is 2. The number of benzene rings is 1. The lowest BCUT2D eigenvalue weighted by atomic mass is 9.66. The standard InChI is InChI=1S/C17H26ClNO/c1-13-7-6-9-15(12-19(2)3)17(13,20)11-14-8-4-5-10-16(14)18/h4-5,8,10,13,15,20H,6-7,9,11-12H2,1-3H3. The minimum atomic E-state index is -0.645. The Morgan fingerprint density at radius 3 is 2.65 bits per heavy atom. The van der Waals surface area contributed by atoms with Gasteiger partial charge in [0, 0.05) is 23.9 Å². The first kappa shape index (κ1) is 15.8. The molecule has 0 radical (unpaired) electrons. The maximum absolute atomic E-state index is 11.3. The van der Waals surface area contributed by atoms with Gasteiger partial charge in [-0.2, -0.15) is 0 Å². The lowest BCUT2D eigenvalue weighted by Gasteiger charge is -2.46. The minimum Gasteiger partial charge on any atom is -0.389 e. The molecule has 2 rings (SSSR count). The van der Waals surface area contributed by atoms with Gasteiger partial charge in [0.15, 0.2) is 0 Å². The molecule has 0 bridgehead atoms. The van der Waals surface area contributed by atoms with Crippen molar-refractivity contribution in [2.24, 2.45) is 11.8 Å². The summed E-state index contributed by atoms with van der Waals surface area (Å²) in [5, 5.41) is 12.1. The van der Waals surface area contributed by atoms with E-state index in [0.717, 1.165) is 30.0 Å². The van der Waals surface area contributed by atoms with Crippen LogP contribution in [0.2, 0.25) is 5.02 Å². The summed E-state index contributed by atoms with van der Waals surface area (Å²) < 4.78 is 0. The van der Waals surface area contributed by atoms with Gasteiger partial charge in [-0.1, -0.05) is 43.1 Å². The Hall–Kier alpha value is -0.570. The molecule has 1 aromatic carbocycles. The Balaban J connectivity index is 2.24. The molecule has 3 unspecified atom stereocenters. The molecule has 1 aliphatic rings. The monoisotopic (exact) mass is 295 g/mol. The van der Waals surface area contributed by atoms with Gasteiger partial charge in [-0.3, -0.25) is 0 Å². The highest BCUT2D eigenvalue weighted by molar-refractivity contribution is 6.31. The molecule has 112 valence electrons. The largest absolute Gasteiger partial charge is 0.389 e. The zero-order chi connectivity index (χ0) is 14.8. The van der Waals surface area contributed by atoms with E-state index in [4.69, 9.17) is 11.6 Å². The smallest absolute Gasteiger partial charge is 0.0754 e. The first-order valence-corrected chi connectivity index (χ1v) is 7.92. The summed E-state index contributed by atoms with van der Waals surface area (Å²) in [5.41, 5.74) is 0.419. The van der Waals surface area contributed by atoms with Crippen LogP contribution < -0.4 is 0 Å². The molecule has 0 spiro atoms. The summed E-state index contributed by atoms with van der Waals surface area (Å²) in [7, 11) is 4.16. The molecule has 1 aromatic rings. The van der Waals surface area contributed by atoms with Gasteiger partial charge in [-0.05, 0) is 44.5 Å². The zero-order valence-corrected chi connectivity index (χ0v) is 13.5. The highest BCUT2D eigenvalue weighted by Gasteiger charge is 2.44. The molecule has 1 fully saturated rings. The topological polar surface area (TPSA) is 23.5 Å². The van der Waals surface area contributed by atoms with Crippen LogP contribution in [0.4, 0.5) is 0 Å². The molecule has 1 N–H and O–H groups in total. The lowest BCUT2D eigenvalue weighted by molar-refractivity contribution is -0.0938. The molecule has 0 heterocycles. The molecule has 3 heteroatoms. The van der Waals surface area contributed by atoms with Gasteiger partial charge in [0.1, 0.15) is 0 Å². The van der Waals surface area contributed by atoms with E-state index in [9.17, 15) is 5.11 Å². The second-order valence-corrected chi connectivity index (χ2v) is 6.96. The maximum Gasteiger partial charge on any atom is 0.0754 e. The van der Waals surface area contributed by atoms with E-state index in [1.807, 2.05) is 24.3 Å². The molecule has 0 aromatic heterocycles. The Bertz CT molecular complexity index is 448. The molecule has 20 heavy (non-hydrogen) atoms. The molecule has 1 aliphatic carbocycles. The van der Waals surface area contributed by atoms with E-state index >= 15 is 0 Å². The molecule has 0 saturated heterocycles. The van der Waals surface area contributed by atoms with Crippen LogP contribution >= 0.6 is 11.6 Å². The van der Waals surface area contributed by atoms with E-state index < -0.39 is 5.60 Å². The molecular weight excluding hydrogens is 270 g/mol. The number of rotatable bonds is 4. The van der Waals surface area contributed by atoms with Crippen molar-refractivity contribution in [1.29, 1.82) is 0 Å². The summed E-state index contributed by atoms with van der Waals surface area (Å²) in [6.45, 7) is 3.12. The van der Waals surface area contributed by atoms with Crippen molar-refractivity contribution in [3.05, 3.63) is 34.9 Å². The summed E-state index contributed by atoms with van der Waals surface area (Å²) in [5.74, 6) is 0.634. The highest BCUT2D eigenvalue weighted by atomic mass is 35.5. The molecule has 3 atom stereocenters. The third kappa shape index (κ3) is 3.36.